The topological polar surface area (TPSA) is 56.6 Å². The van der Waals surface area contributed by atoms with Crippen LogP contribution in [-0.4, -0.2) is 32.9 Å². The molecule has 2 unspecified atom stereocenters. The fourth-order valence-electron chi connectivity index (χ4n) is 6.19. The number of halogens is 1. The van der Waals surface area contributed by atoms with Crippen molar-refractivity contribution in [2.75, 3.05) is 22.9 Å². The van der Waals surface area contributed by atoms with Gasteiger partial charge in [-0.15, -0.1) is 0 Å². The molecule has 2 aromatic heterocycles. The van der Waals surface area contributed by atoms with Crippen molar-refractivity contribution in [2.45, 2.75) is 45.7 Å². The third-order valence-electron chi connectivity index (χ3n) is 8.33. The highest BCUT2D eigenvalue weighted by atomic mass is 35.5. The fraction of sp³-hybridized carbons (Fsp3) is 0.312. The molecule has 2 aromatic carbocycles. The number of aromatic nitrogens is 2. The standard InChI is InChI=1S/C32H34ClN5OS/c1-20-13-16-36(17-14-20)29-12-9-24(19-27(29)33)38-31(30(35-32(38)40)28-6-4-5-15-34-28)26-18-21(2)37(22(26)3)23-7-10-25(39)11-8-23/h4-12,15,18-20,30-31,39H,13-14,16-17H2,1-3H3,(H,35,40). The molecule has 0 spiro atoms. The van der Waals surface area contributed by atoms with Gasteiger partial charge in [0.05, 0.1) is 28.5 Å². The number of aryl methyl sites for hydroxylation is 1. The predicted octanol–water partition coefficient (Wildman–Crippen LogP) is 7.26. The van der Waals surface area contributed by atoms with Gasteiger partial charge in [0.25, 0.3) is 0 Å². The lowest BCUT2D eigenvalue weighted by Crippen LogP contribution is -2.33. The Labute approximate surface area is 246 Å². The quantitative estimate of drug-likeness (QED) is 0.246. The van der Waals surface area contributed by atoms with E-state index in [0.29, 0.717) is 5.11 Å². The van der Waals surface area contributed by atoms with Crippen molar-refractivity contribution < 1.29 is 5.11 Å². The van der Waals surface area contributed by atoms with Crippen LogP contribution in [0.5, 0.6) is 5.75 Å². The summed E-state index contributed by atoms with van der Waals surface area (Å²) in [5, 5.41) is 14.8. The Hall–Kier alpha value is -3.55. The van der Waals surface area contributed by atoms with E-state index in [9.17, 15) is 5.11 Å². The van der Waals surface area contributed by atoms with Crippen molar-refractivity contribution in [2.24, 2.45) is 5.92 Å². The van der Waals surface area contributed by atoms with E-state index in [-0.39, 0.29) is 17.8 Å². The molecule has 2 aliphatic heterocycles. The molecule has 6 nitrogen and oxygen atoms in total. The number of anilines is 2. The summed E-state index contributed by atoms with van der Waals surface area (Å²) in [6.07, 6.45) is 4.19. The van der Waals surface area contributed by atoms with E-state index in [2.05, 4.69) is 64.7 Å². The monoisotopic (exact) mass is 571 g/mol. The van der Waals surface area contributed by atoms with Gasteiger partial charge in [0.2, 0.25) is 0 Å². The fourth-order valence-corrected chi connectivity index (χ4v) is 6.83. The van der Waals surface area contributed by atoms with Crippen LogP contribution in [0.15, 0.2) is 72.9 Å². The van der Waals surface area contributed by atoms with Crippen LogP contribution in [0.25, 0.3) is 5.69 Å². The number of rotatable bonds is 5. The maximum Gasteiger partial charge on any atom is 0.174 e. The van der Waals surface area contributed by atoms with E-state index in [1.54, 1.807) is 12.1 Å². The first kappa shape index (κ1) is 26.7. The smallest absolute Gasteiger partial charge is 0.174 e. The van der Waals surface area contributed by atoms with E-state index in [4.69, 9.17) is 28.8 Å². The highest BCUT2D eigenvalue weighted by molar-refractivity contribution is 7.80. The molecule has 4 aromatic rings. The highest BCUT2D eigenvalue weighted by Crippen LogP contribution is 2.45. The molecule has 0 amide bonds. The van der Waals surface area contributed by atoms with Gasteiger partial charge in [0.1, 0.15) is 5.75 Å². The van der Waals surface area contributed by atoms with Crippen LogP contribution >= 0.6 is 23.8 Å². The van der Waals surface area contributed by atoms with Gasteiger partial charge in [0.15, 0.2) is 5.11 Å². The summed E-state index contributed by atoms with van der Waals surface area (Å²) in [4.78, 5) is 9.29. The third kappa shape index (κ3) is 4.82. The van der Waals surface area contributed by atoms with Crippen LogP contribution in [0.4, 0.5) is 11.4 Å². The predicted molar refractivity (Wildman–Crippen MR) is 167 cm³/mol. The molecule has 4 heterocycles. The Kier molecular flexibility index (Phi) is 7.19. The summed E-state index contributed by atoms with van der Waals surface area (Å²) in [5.41, 5.74) is 7.32. The minimum Gasteiger partial charge on any atom is -0.508 e. The van der Waals surface area contributed by atoms with Gasteiger partial charge < -0.3 is 24.8 Å². The van der Waals surface area contributed by atoms with E-state index in [1.807, 2.05) is 36.5 Å². The van der Waals surface area contributed by atoms with Crippen molar-refractivity contribution in [1.82, 2.24) is 14.9 Å². The van der Waals surface area contributed by atoms with Crippen molar-refractivity contribution in [3.8, 4) is 11.4 Å². The van der Waals surface area contributed by atoms with Crippen LogP contribution in [-0.2, 0) is 0 Å². The van der Waals surface area contributed by atoms with Gasteiger partial charge in [-0.3, -0.25) is 4.98 Å². The minimum atomic E-state index is -0.149. The Balaban J connectivity index is 1.43. The summed E-state index contributed by atoms with van der Waals surface area (Å²) in [6, 6.07) is 21.6. The molecule has 40 heavy (non-hydrogen) atoms. The Bertz CT molecular complexity index is 1530. The molecule has 2 N–H and O–H groups in total. The first-order valence-corrected chi connectivity index (χ1v) is 14.6. The van der Waals surface area contributed by atoms with Gasteiger partial charge in [0, 0.05) is 42.0 Å². The van der Waals surface area contributed by atoms with Gasteiger partial charge in [-0.25, -0.2) is 0 Å². The molecule has 2 fully saturated rings. The number of aromatic hydroxyl groups is 1. The average Bonchev–Trinajstić information content (AvgIpc) is 3.45. The molecule has 2 aliphatic rings. The second kappa shape index (κ2) is 10.8. The molecule has 6 rings (SSSR count). The molecule has 0 radical (unpaired) electrons. The maximum absolute atomic E-state index is 9.85. The lowest BCUT2D eigenvalue weighted by atomic mass is 9.96. The number of benzene rings is 2. The first-order valence-electron chi connectivity index (χ1n) is 13.8. The third-order valence-corrected chi connectivity index (χ3v) is 8.95. The number of hydrogen-bond donors (Lipinski definition) is 2. The highest BCUT2D eigenvalue weighted by Gasteiger charge is 2.42. The second-order valence-corrected chi connectivity index (χ2v) is 11.8. The average molecular weight is 572 g/mol. The zero-order valence-corrected chi connectivity index (χ0v) is 24.6. The molecule has 2 saturated heterocycles. The van der Waals surface area contributed by atoms with E-state index in [0.717, 1.165) is 63.7 Å². The lowest BCUT2D eigenvalue weighted by molar-refractivity contribution is 0.438. The number of nitrogens with zero attached hydrogens (tertiary/aromatic N) is 4. The van der Waals surface area contributed by atoms with Crippen LogP contribution < -0.4 is 15.1 Å². The zero-order valence-electron chi connectivity index (χ0n) is 23.0. The number of thiocarbonyl (C=S) groups is 1. The summed E-state index contributed by atoms with van der Waals surface area (Å²) in [6.45, 7) is 8.61. The van der Waals surface area contributed by atoms with Gasteiger partial charge >= 0.3 is 0 Å². The summed E-state index contributed by atoms with van der Waals surface area (Å²) in [7, 11) is 0. The Morgan fingerprint density at radius 2 is 1.70 bits per heavy atom. The van der Waals surface area contributed by atoms with Crippen molar-refractivity contribution >= 4 is 40.3 Å². The molecule has 2 atom stereocenters. The number of pyridine rings is 1. The van der Waals surface area contributed by atoms with E-state index >= 15 is 0 Å². The van der Waals surface area contributed by atoms with E-state index < -0.39 is 0 Å². The number of phenolic OH excluding ortho intramolecular Hbond substituents is 1. The molecule has 8 heteroatoms. The van der Waals surface area contributed by atoms with Crippen LogP contribution in [0.2, 0.25) is 5.02 Å². The molecule has 0 aliphatic carbocycles. The SMILES string of the molecule is Cc1cc(C2C(c3ccccn3)NC(=S)N2c2ccc(N3CCC(C)CC3)c(Cl)c2)c(C)n1-c1ccc(O)cc1. The number of hydrogen-bond acceptors (Lipinski definition) is 4. The molecular formula is C32H34ClN5OS. The maximum atomic E-state index is 9.85. The Morgan fingerprint density at radius 1 is 0.975 bits per heavy atom. The van der Waals surface area contributed by atoms with Crippen molar-refractivity contribution in [1.29, 1.82) is 0 Å². The summed E-state index contributed by atoms with van der Waals surface area (Å²) in [5.74, 6) is 1.00. The summed E-state index contributed by atoms with van der Waals surface area (Å²) < 4.78 is 2.22. The zero-order chi connectivity index (χ0) is 28.0. The van der Waals surface area contributed by atoms with Gasteiger partial charge in [-0.2, -0.15) is 0 Å². The largest absolute Gasteiger partial charge is 0.508 e. The van der Waals surface area contributed by atoms with Gasteiger partial charge in [-0.1, -0.05) is 24.6 Å². The summed E-state index contributed by atoms with van der Waals surface area (Å²) >= 11 is 12.9. The number of phenols is 1. The van der Waals surface area contributed by atoms with Crippen molar-refractivity contribution in [3.63, 3.8) is 0 Å². The van der Waals surface area contributed by atoms with Crippen LogP contribution in [0.3, 0.4) is 0 Å². The normalized spacial score (nSPS) is 19.8. The minimum absolute atomic E-state index is 0.141. The molecule has 0 bridgehead atoms. The Morgan fingerprint density at radius 3 is 2.38 bits per heavy atom. The lowest BCUT2D eigenvalue weighted by Gasteiger charge is -2.33. The van der Waals surface area contributed by atoms with E-state index in [1.165, 1.54) is 12.8 Å². The molecule has 206 valence electrons. The van der Waals surface area contributed by atoms with Crippen LogP contribution in [0, 0.1) is 19.8 Å². The second-order valence-electron chi connectivity index (χ2n) is 11.0. The van der Waals surface area contributed by atoms with Crippen LogP contribution in [0.1, 0.15) is 54.5 Å². The molecule has 0 saturated carbocycles. The van der Waals surface area contributed by atoms with Crippen molar-refractivity contribution in [3.05, 3.63) is 101 Å². The van der Waals surface area contributed by atoms with Gasteiger partial charge in [-0.05, 0) is 111 Å². The molecular weight excluding hydrogens is 538 g/mol. The first-order chi connectivity index (χ1) is 19.3. The number of nitrogens with one attached hydrogen (secondary N) is 1. The number of piperidine rings is 1.